The van der Waals surface area contributed by atoms with Crippen LogP contribution in [0, 0.1) is 5.92 Å². The summed E-state index contributed by atoms with van der Waals surface area (Å²) in [6, 6.07) is 0. The average molecular weight is 302 g/mol. The fourth-order valence-electron chi connectivity index (χ4n) is 1.82. The first kappa shape index (κ1) is 20.4. The Labute approximate surface area is 130 Å². The highest BCUT2D eigenvalue weighted by Gasteiger charge is 2.02. The van der Waals surface area contributed by atoms with Gasteiger partial charge in [0.25, 0.3) is 0 Å². The number of hydrogen-bond acceptors (Lipinski definition) is 4. The van der Waals surface area contributed by atoms with Crippen molar-refractivity contribution in [1.29, 1.82) is 0 Å². The molecule has 0 saturated heterocycles. The van der Waals surface area contributed by atoms with Crippen LogP contribution < -0.4 is 0 Å². The number of esters is 1. The van der Waals surface area contributed by atoms with E-state index >= 15 is 0 Å². The zero-order valence-electron chi connectivity index (χ0n) is 14.2. The Bertz CT molecular complexity index is 229. The first-order valence-electron chi connectivity index (χ1n) is 8.48. The van der Waals surface area contributed by atoms with E-state index in [0.29, 0.717) is 38.8 Å². The van der Waals surface area contributed by atoms with E-state index in [0.717, 1.165) is 25.9 Å². The molecule has 4 heteroatoms. The van der Waals surface area contributed by atoms with Crippen LogP contribution in [0.15, 0.2) is 0 Å². The van der Waals surface area contributed by atoms with Gasteiger partial charge in [0.15, 0.2) is 0 Å². The van der Waals surface area contributed by atoms with E-state index in [-0.39, 0.29) is 5.97 Å². The minimum atomic E-state index is -0.106. The number of hydrogen-bond donors (Lipinski definition) is 0. The summed E-state index contributed by atoms with van der Waals surface area (Å²) in [4.78, 5) is 11.4. The Morgan fingerprint density at radius 1 is 0.857 bits per heavy atom. The molecule has 0 spiro atoms. The van der Waals surface area contributed by atoms with E-state index in [1.165, 1.54) is 19.3 Å². The molecule has 0 aliphatic rings. The molecule has 0 unspecified atom stereocenters. The van der Waals surface area contributed by atoms with E-state index in [1.54, 1.807) is 0 Å². The smallest absolute Gasteiger partial charge is 0.305 e. The molecule has 0 radical (unpaired) electrons. The van der Waals surface area contributed by atoms with Crippen molar-refractivity contribution in [3.05, 3.63) is 0 Å². The van der Waals surface area contributed by atoms with Crippen LogP contribution in [0.4, 0.5) is 0 Å². The number of rotatable bonds is 15. The van der Waals surface area contributed by atoms with E-state index in [1.807, 2.05) is 0 Å². The van der Waals surface area contributed by atoms with Gasteiger partial charge in [-0.2, -0.15) is 0 Å². The maximum Gasteiger partial charge on any atom is 0.305 e. The van der Waals surface area contributed by atoms with Crippen molar-refractivity contribution < 1.29 is 19.0 Å². The lowest BCUT2D eigenvalue weighted by Crippen LogP contribution is -2.10. The summed E-state index contributed by atoms with van der Waals surface area (Å²) in [6.45, 7) is 9.59. The summed E-state index contributed by atoms with van der Waals surface area (Å²) >= 11 is 0. The molecule has 0 saturated carbocycles. The lowest BCUT2D eigenvalue weighted by atomic mass is 10.2. The number of carbonyl (C=O) groups excluding carboxylic acids is 1. The molecule has 0 aromatic rings. The van der Waals surface area contributed by atoms with Crippen LogP contribution in [-0.4, -0.2) is 39.0 Å². The predicted octanol–water partition coefficient (Wildman–Crippen LogP) is 3.97. The molecule has 0 aromatic carbocycles. The first-order valence-corrected chi connectivity index (χ1v) is 8.48. The fraction of sp³-hybridized carbons (Fsp3) is 0.941. The second-order valence-corrected chi connectivity index (χ2v) is 5.82. The number of carbonyl (C=O) groups is 1. The molecule has 0 aromatic heterocycles. The highest BCUT2D eigenvalue weighted by molar-refractivity contribution is 5.69. The van der Waals surface area contributed by atoms with E-state index in [4.69, 9.17) is 14.2 Å². The van der Waals surface area contributed by atoms with Gasteiger partial charge in [-0.3, -0.25) is 4.79 Å². The van der Waals surface area contributed by atoms with E-state index in [9.17, 15) is 4.79 Å². The quantitative estimate of drug-likeness (QED) is 0.339. The third-order valence-electron chi connectivity index (χ3n) is 3.00. The Kier molecular flexibility index (Phi) is 15.3. The van der Waals surface area contributed by atoms with Crippen LogP contribution >= 0.6 is 0 Å². The third kappa shape index (κ3) is 17.3. The van der Waals surface area contributed by atoms with Crippen LogP contribution in [-0.2, 0) is 19.0 Å². The van der Waals surface area contributed by atoms with Gasteiger partial charge in [0.05, 0.1) is 19.8 Å². The molecular formula is C17H34O4. The third-order valence-corrected chi connectivity index (χ3v) is 3.00. The van der Waals surface area contributed by atoms with E-state index in [2.05, 4.69) is 20.8 Å². The van der Waals surface area contributed by atoms with Crippen molar-refractivity contribution in [3.8, 4) is 0 Å². The summed E-state index contributed by atoms with van der Waals surface area (Å²) in [7, 11) is 0. The molecule has 0 aliphatic heterocycles. The summed E-state index contributed by atoms with van der Waals surface area (Å²) in [5, 5.41) is 0. The molecule has 0 N–H and O–H groups in total. The van der Waals surface area contributed by atoms with Crippen molar-refractivity contribution >= 4 is 5.97 Å². The molecule has 0 bridgehead atoms. The van der Waals surface area contributed by atoms with Gasteiger partial charge in [-0.1, -0.05) is 46.5 Å². The molecule has 4 nitrogen and oxygen atoms in total. The summed E-state index contributed by atoms with van der Waals surface area (Å²) in [5.74, 6) is 0.451. The average Bonchev–Trinajstić information content (AvgIpc) is 2.45. The summed E-state index contributed by atoms with van der Waals surface area (Å²) in [6.07, 6.45) is 7.05. The summed E-state index contributed by atoms with van der Waals surface area (Å²) < 4.78 is 16.0. The molecule has 0 fully saturated rings. The highest BCUT2D eigenvalue weighted by Crippen LogP contribution is 2.03. The maximum atomic E-state index is 11.4. The maximum absolute atomic E-state index is 11.4. The topological polar surface area (TPSA) is 44.8 Å². The molecule has 0 amide bonds. The van der Waals surface area contributed by atoms with Gasteiger partial charge in [-0.05, 0) is 18.8 Å². The predicted molar refractivity (Wildman–Crippen MR) is 85.4 cm³/mol. The molecule has 0 rings (SSSR count). The van der Waals surface area contributed by atoms with Gasteiger partial charge >= 0.3 is 5.97 Å². The van der Waals surface area contributed by atoms with Crippen molar-refractivity contribution in [2.45, 2.75) is 65.7 Å². The normalized spacial score (nSPS) is 11.0. The lowest BCUT2D eigenvalue weighted by Gasteiger charge is -2.07. The van der Waals surface area contributed by atoms with Crippen molar-refractivity contribution in [2.75, 3.05) is 33.0 Å². The Balaban J connectivity index is 3.16. The lowest BCUT2D eigenvalue weighted by molar-refractivity contribution is -0.144. The van der Waals surface area contributed by atoms with Crippen LogP contribution in [0.2, 0.25) is 0 Å². The van der Waals surface area contributed by atoms with Gasteiger partial charge in [0.2, 0.25) is 0 Å². The SMILES string of the molecule is CCCCCCCOC(=O)CCCOCCOCC(C)C. The van der Waals surface area contributed by atoms with Crippen molar-refractivity contribution in [3.63, 3.8) is 0 Å². The second-order valence-electron chi connectivity index (χ2n) is 5.82. The van der Waals surface area contributed by atoms with Crippen LogP contribution in [0.5, 0.6) is 0 Å². The van der Waals surface area contributed by atoms with Gasteiger partial charge in [0, 0.05) is 19.6 Å². The standard InChI is InChI=1S/C17H34O4/c1-4-5-6-7-8-12-21-17(18)10-9-11-19-13-14-20-15-16(2)3/h16H,4-15H2,1-3H3. The molecule has 21 heavy (non-hydrogen) atoms. The fourth-order valence-corrected chi connectivity index (χ4v) is 1.82. The Morgan fingerprint density at radius 3 is 2.29 bits per heavy atom. The van der Waals surface area contributed by atoms with Crippen molar-refractivity contribution in [2.24, 2.45) is 5.92 Å². The highest BCUT2D eigenvalue weighted by atomic mass is 16.5. The zero-order valence-corrected chi connectivity index (χ0v) is 14.2. The number of ether oxygens (including phenoxy) is 3. The molecule has 0 heterocycles. The van der Waals surface area contributed by atoms with Gasteiger partial charge in [0.1, 0.15) is 0 Å². The largest absolute Gasteiger partial charge is 0.466 e. The van der Waals surface area contributed by atoms with Crippen molar-refractivity contribution in [1.82, 2.24) is 0 Å². The van der Waals surface area contributed by atoms with Gasteiger partial charge < -0.3 is 14.2 Å². The minimum absolute atomic E-state index is 0.106. The van der Waals surface area contributed by atoms with Gasteiger partial charge in [-0.15, -0.1) is 0 Å². The zero-order chi connectivity index (χ0) is 15.8. The van der Waals surface area contributed by atoms with Crippen LogP contribution in [0.1, 0.15) is 65.7 Å². The Morgan fingerprint density at radius 2 is 1.57 bits per heavy atom. The van der Waals surface area contributed by atoms with Gasteiger partial charge in [-0.25, -0.2) is 0 Å². The van der Waals surface area contributed by atoms with Crippen LogP contribution in [0.25, 0.3) is 0 Å². The summed E-state index contributed by atoms with van der Waals surface area (Å²) in [5.41, 5.74) is 0. The van der Waals surface area contributed by atoms with E-state index < -0.39 is 0 Å². The van der Waals surface area contributed by atoms with Crippen LogP contribution in [0.3, 0.4) is 0 Å². The minimum Gasteiger partial charge on any atom is -0.466 e. The molecule has 0 atom stereocenters. The molecular weight excluding hydrogens is 268 g/mol. The number of unbranched alkanes of at least 4 members (excludes halogenated alkanes) is 4. The molecule has 0 aliphatic carbocycles. The first-order chi connectivity index (χ1) is 10.2. The second kappa shape index (κ2) is 15.8. The molecule has 126 valence electrons. The Hall–Kier alpha value is -0.610. The monoisotopic (exact) mass is 302 g/mol.